The van der Waals surface area contributed by atoms with Crippen molar-refractivity contribution in [3.8, 4) is 5.75 Å². The summed E-state index contributed by atoms with van der Waals surface area (Å²) in [5.74, 6) is -0.812. The van der Waals surface area contributed by atoms with Crippen molar-refractivity contribution in [3.63, 3.8) is 0 Å². The average Bonchev–Trinajstić information content (AvgIpc) is 2.70. The van der Waals surface area contributed by atoms with Crippen LogP contribution in [0.1, 0.15) is 0 Å². The molecule has 34 heavy (non-hydrogen) atoms. The number of hydrogen-bond acceptors (Lipinski definition) is 11. The number of phenols is 1. The van der Waals surface area contributed by atoms with Crippen LogP contribution in [0.15, 0.2) is 61.3 Å². The van der Waals surface area contributed by atoms with Gasteiger partial charge in [0.15, 0.2) is 0 Å². The number of hydrogen-bond donors (Lipinski definition) is 6. The van der Waals surface area contributed by atoms with Crippen molar-refractivity contribution in [3.05, 3.63) is 36.4 Å². The molecule has 7 N–H and O–H groups in total. The molecule has 3 rings (SSSR count). The quantitative estimate of drug-likeness (QED) is 0.152. The highest BCUT2D eigenvalue weighted by molar-refractivity contribution is 7.86. The van der Waals surface area contributed by atoms with E-state index in [4.69, 9.17) is 5.73 Å². The molecule has 182 valence electrons. The monoisotopic (exact) mass is 532 g/mol. The van der Waals surface area contributed by atoms with Gasteiger partial charge < -0.3 is 16.2 Å². The zero-order chi connectivity index (χ0) is 25.6. The molecule has 3 aromatic carbocycles. The maximum atomic E-state index is 11.8. The van der Waals surface area contributed by atoms with Gasteiger partial charge in [-0.25, -0.2) is 0 Å². The molecule has 17 heteroatoms. The van der Waals surface area contributed by atoms with Gasteiger partial charge in [-0.15, -0.1) is 10.2 Å². The molecule has 0 atom stereocenters. The summed E-state index contributed by atoms with van der Waals surface area (Å²) >= 11 is 0. The van der Waals surface area contributed by atoms with Crippen molar-refractivity contribution < 1.29 is 44.0 Å². The van der Waals surface area contributed by atoms with Crippen LogP contribution < -0.4 is 11.1 Å². The molecule has 0 aliphatic rings. The van der Waals surface area contributed by atoms with Gasteiger partial charge in [0, 0.05) is 18.8 Å². The Kier molecular flexibility index (Phi) is 6.29. The maximum Gasteiger partial charge on any atom is 0.296 e. The highest BCUT2D eigenvalue weighted by Gasteiger charge is 2.24. The van der Waals surface area contributed by atoms with Gasteiger partial charge in [0.05, 0.1) is 16.0 Å². The Morgan fingerprint density at radius 2 is 1.44 bits per heavy atom. The predicted molar refractivity (Wildman–Crippen MR) is 120 cm³/mol. The van der Waals surface area contributed by atoms with Gasteiger partial charge in [-0.05, 0) is 35.7 Å². The van der Waals surface area contributed by atoms with Gasteiger partial charge in [-0.1, -0.05) is 0 Å². The van der Waals surface area contributed by atoms with E-state index in [0.29, 0.717) is 11.8 Å². The molecule has 0 radical (unpaired) electrons. The highest BCUT2D eigenvalue weighted by Crippen LogP contribution is 2.44. The highest BCUT2D eigenvalue weighted by atomic mass is 32.2. The molecule has 0 fully saturated rings. The number of nitrogens with one attached hydrogen (secondary N) is 1. The molecule has 0 aliphatic heterocycles. The van der Waals surface area contributed by atoms with Crippen LogP contribution in [0.25, 0.3) is 10.8 Å². The lowest BCUT2D eigenvalue weighted by atomic mass is 10.1. The second kappa shape index (κ2) is 8.46. The Balaban J connectivity index is 2.40. The zero-order valence-electron chi connectivity index (χ0n) is 16.9. The van der Waals surface area contributed by atoms with E-state index in [2.05, 4.69) is 15.5 Å². The zero-order valence-corrected chi connectivity index (χ0v) is 19.3. The third-order valence-corrected chi connectivity index (χ3v) is 7.13. The second-order valence-electron chi connectivity index (χ2n) is 6.74. The van der Waals surface area contributed by atoms with Gasteiger partial charge in [0.1, 0.15) is 26.9 Å². The Labute approximate surface area is 193 Å². The first-order valence-corrected chi connectivity index (χ1v) is 13.1. The van der Waals surface area contributed by atoms with E-state index in [9.17, 15) is 44.0 Å². The fraction of sp³-hybridized carbons (Fsp3) is 0.0588. The smallest absolute Gasteiger partial charge is 0.296 e. The van der Waals surface area contributed by atoms with Crippen LogP contribution in [0.3, 0.4) is 0 Å². The third kappa shape index (κ3) is 4.93. The first-order chi connectivity index (χ1) is 15.5. The lowest BCUT2D eigenvalue weighted by molar-refractivity contribution is 0.471. The van der Waals surface area contributed by atoms with Crippen molar-refractivity contribution in [2.45, 2.75) is 14.7 Å². The van der Waals surface area contributed by atoms with Gasteiger partial charge in [0.25, 0.3) is 30.4 Å². The maximum absolute atomic E-state index is 11.8. The fourth-order valence-corrected chi connectivity index (χ4v) is 4.83. The van der Waals surface area contributed by atoms with E-state index >= 15 is 0 Å². The number of benzene rings is 3. The summed E-state index contributed by atoms with van der Waals surface area (Å²) in [6.45, 7) is 0. The Bertz CT molecular complexity index is 1680. The summed E-state index contributed by atoms with van der Waals surface area (Å²) in [5.41, 5.74) is 4.41. The number of azo groups is 1. The Hall–Kier alpha value is -3.35. The molecule has 0 saturated heterocycles. The van der Waals surface area contributed by atoms with Gasteiger partial charge in [-0.2, -0.15) is 25.3 Å². The Morgan fingerprint density at radius 3 is 1.97 bits per heavy atom. The summed E-state index contributed by atoms with van der Waals surface area (Å²) in [7, 11) is -13.1. The minimum atomic E-state index is -5.00. The normalized spacial score (nSPS) is 12.9. The van der Waals surface area contributed by atoms with E-state index in [1.807, 2.05) is 0 Å². The number of anilines is 2. The molecule has 0 heterocycles. The molecule has 0 unspecified atom stereocenters. The molecule has 0 amide bonds. The van der Waals surface area contributed by atoms with Crippen molar-refractivity contribution in [2.75, 3.05) is 18.1 Å². The summed E-state index contributed by atoms with van der Waals surface area (Å²) in [6.07, 6.45) is 0. The van der Waals surface area contributed by atoms with Crippen LogP contribution in [-0.4, -0.2) is 51.1 Å². The Morgan fingerprint density at radius 1 is 0.824 bits per heavy atom. The van der Waals surface area contributed by atoms with E-state index in [-0.39, 0.29) is 10.8 Å². The summed E-state index contributed by atoms with van der Waals surface area (Å²) in [6, 6.07) is 5.72. The molecule has 0 saturated carbocycles. The number of nitrogen functional groups attached to an aromatic ring is 1. The minimum Gasteiger partial charge on any atom is -0.507 e. The topological polar surface area (TPSA) is 246 Å². The van der Waals surface area contributed by atoms with Gasteiger partial charge >= 0.3 is 0 Å². The predicted octanol–water partition coefficient (Wildman–Crippen LogP) is 2.32. The van der Waals surface area contributed by atoms with E-state index in [1.54, 1.807) is 0 Å². The number of fused-ring (bicyclic) bond motifs is 1. The first-order valence-electron chi connectivity index (χ1n) is 8.79. The molecular formula is C17H16N4O10S3. The molecule has 0 bridgehead atoms. The molecule has 0 aliphatic carbocycles. The van der Waals surface area contributed by atoms with Crippen LogP contribution in [0.2, 0.25) is 0 Å². The van der Waals surface area contributed by atoms with Crippen LogP contribution in [0.4, 0.5) is 22.7 Å². The summed E-state index contributed by atoms with van der Waals surface area (Å²) in [5, 5.41) is 19.8. The van der Waals surface area contributed by atoms with Crippen LogP contribution in [0.5, 0.6) is 5.75 Å². The van der Waals surface area contributed by atoms with Crippen LogP contribution in [-0.2, 0) is 30.4 Å². The van der Waals surface area contributed by atoms with Crippen LogP contribution in [0, 0.1) is 0 Å². The van der Waals surface area contributed by atoms with Crippen molar-refractivity contribution in [1.82, 2.24) is 0 Å². The van der Waals surface area contributed by atoms with Crippen molar-refractivity contribution in [1.29, 1.82) is 0 Å². The molecule has 14 nitrogen and oxygen atoms in total. The third-order valence-electron chi connectivity index (χ3n) is 4.53. The lowest BCUT2D eigenvalue weighted by Gasteiger charge is -2.12. The van der Waals surface area contributed by atoms with Crippen LogP contribution >= 0.6 is 0 Å². The second-order valence-corrected chi connectivity index (χ2v) is 10.9. The molecule has 0 spiro atoms. The average molecular weight is 533 g/mol. The number of phenolic OH excluding ortho intramolecular Hbond substituents is 1. The number of nitrogens with two attached hydrogens (primary N) is 1. The SMILES string of the molecule is CNc1ccc(N=Nc2c(N)c(S(=O)(=O)O)cc3cc(S(=O)(=O)O)cc(O)c23)c(S(=O)(=O)O)c1. The van der Waals surface area contributed by atoms with Crippen molar-refractivity contribution >= 4 is 63.9 Å². The lowest BCUT2D eigenvalue weighted by Crippen LogP contribution is -2.04. The molecule has 0 aromatic heterocycles. The summed E-state index contributed by atoms with van der Waals surface area (Å²) < 4.78 is 98.4. The fourth-order valence-electron chi connectivity index (χ4n) is 2.99. The van der Waals surface area contributed by atoms with E-state index in [1.165, 1.54) is 13.1 Å². The van der Waals surface area contributed by atoms with E-state index in [0.717, 1.165) is 24.3 Å². The minimum absolute atomic E-state index is 0.292. The van der Waals surface area contributed by atoms with E-state index < -0.39 is 67.9 Å². The number of aromatic hydroxyl groups is 1. The number of nitrogens with zero attached hydrogens (tertiary/aromatic N) is 2. The standard InChI is InChI=1S/C17H16N4O10S3/c1-19-9-2-3-11(13(6-9)33(26,27)28)20-21-17-15-8(5-14(16(17)18)34(29,30)31)4-10(7-12(15)22)32(23,24)25/h2-7,19,22H,18H2,1H3,(H,23,24,25)(H,26,27,28)(H,29,30,31). The van der Waals surface area contributed by atoms with Gasteiger partial charge in [0.2, 0.25) is 0 Å². The summed E-state index contributed by atoms with van der Waals surface area (Å²) in [4.78, 5) is -2.40. The number of rotatable bonds is 6. The first kappa shape index (κ1) is 25.3. The van der Waals surface area contributed by atoms with Crippen molar-refractivity contribution in [2.24, 2.45) is 10.2 Å². The van der Waals surface area contributed by atoms with Gasteiger partial charge in [-0.3, -0.25) is 13.7 Å². The molecular weight excluding hydrogens is 516 g/mol. The molecule has 3 aromatic rings. The largest absolute Gasteiger partial charge is 0.507 e.